The van der Waals surface area contributed by atoms with Gasteiger partial charge >= 0.3 is 0 Å². The quantitative estimate of drug-likeness (QED) is 0.268. The molecule has 0 radical (unpaired) electrons. The fourth-order valence-corrected chi connectivity index (χ4v) is 2.15. The average molecular weight is 462 g/mol. The van der Waals surface area contributed by atoms with Crippen molar-refractivity contribution in [1.29, 1.82) is 0 Å². The first-order valence-electron chi connectivity index (χ1n) is 8.14. The van der Waals surface area contributed by atoms with E-state index in [0.29, 0.717) is 24.7 Å². The van der Waals surface area contributed by atoms with Gasteiger partial charge in [0.15, 0.2) is 5.96 Å². The van der Waals surface area contributed by atoms with E-state index >= 15 is 0 Å². The van der Waals surface area contributed by atoms with Gasteiger partial charge in [0.2, 0.25) is 5.91 Å². The van der Waals surface area contributed by atoms with Gasteiger partial charge in [-0.1, -0.05) is 42.3 Å². The zero-order chi connectivity index (χ0) is 17.9. The van der Waals surface area contributed by atoms with Crippen LogP contribution in [0.1, 0.15) is 18.1 Å². The third-order valence-electron chi connectivity index (χ3n) is 3.34. The number of carbonyl (C=O) groups is 1. The number of benzene rings is 2. The Balaban J connectivity index is 0.00000338. The predicted octanol–water partition coefficient (Wildman–Crippen LogP) is 2.98. The molecule has 0 bridgehead atoms. The molecule has 0 saturated heterocycles. The van der Waals surface area contributed by atoms with E-state index in [-0.39, 0.29) is 36.4 Å². The maximum Gasteiger partial charge on any atom is 0.243 e. The summed E-state index contributed by atoms with van der Waals surface area (Å²) >= 11 is 0. The average Bonchev–Trinajstić information content (AvgIpc) is 2.65. The summed E-state index contributed by atoms with van der Waals surface area (Å²) in [5.41, 5.74) is 2.51. The lowest BCUT2D eigenvalue weighted by Gasteiger charge is -2.11. The topological polar surface area (TPSA) is 65.5 Å². The molecule has 0 aromatic heterocycles. The number of nitrogens with zero attached hydrogens (tertiary/aromatic N) is 1. The molecule has 0 fully saturated rings. The number of anilines is 1. The van der Waals surface area contributed by atoms with Crippen LogP contribution in [-0.4, -0.2) is 25.0 Å². The number of amides is 1. The summed E-state index contributed by atoms with van der Waals surface area (Å²) in [5.74, 6) is 2.97. The van der Waals surface area contributed by atoms with Gasteiger partial charge in [0.1, 0.15) is 0 Å². The van der Waals surface area contributed by atoms with E-state index < -0.39 is 0 Å². The smallest absolute Gasteiger partial charge is 0.243 e. The van der Waals surface area contributed by atoms with Gasteiger partial charge in [0, 0.05) is 17.8 Å². The molecule has 0 aliphatic heterocycles. The van der Waals surface area contributed by atoms with Gasteiger partial charge in [-0.25, -0.2) is 4.99 Å². The molecule has 0 aliphatic rings. The Bertz CT molecular complexity index is 769. The number of nitrogens with one attached hydrogen (secondary N) is 3. The lowest BCUT2D eigenvalue weighted by Crippen LogP contribution is -2.41. The van der Waals surface area contributed by atoms with Crippen molar-refractivity contribution in [2.24, 2.45) is 4.99 Å². The minimum absolute atomic E-state index is 0. The van der Waals surface area contributed by atoms with Crippen LogP contribution in [0.4, 0.5) is 5.69 Å². The molecule has 0 heterocycles. The van der Waals surface area contributed by atoms with Crippen LogP contribution in [0, 0.1) is 12.3 Å². The fraction of sp³-hybridized carbons (Fsp3) is 0.200. The number of guanidine groups is 1. The highest BCUT2D eigenvalue weighted by atomic mass is 127. The van der Waals surface area contributed by atoms with E-state index in [1.807, 2.05) is 49.4 Å². The molecule has 26 heavy (non-hydrogen) atoms. The molecular weight excluding hydrogens is 439 g/mol. The summed E-state index contributed by atoms with van der Waals surface area (Å²) in [6.45, 7) is 3.35. The molecule has 0 aliphatic carbocycles. The van der Waals surface area contributed by atoms with Gasteiger partial charge < -0.3 is 16.0 Å². The van der Waals surface area contributed by atoms with Crippen LogP contribution in [0.25, 0.3) is 0 Å². The lowest BCUT2D eigenvalue weighted by molar-refractivity contribution is -0.115. The minimum atomic E-state index is -0.167. The van der Waals surface area contributed by atoms with E-state index in [1.165, 1.54) is 0 Å². The first-order chi connectivity index (χ1) is 12.2. The van der Waals surface area contributed by atoms with E-state index in [1.54, 1.807) is 12.1 Å². The summed E-state index contributed by atoms with van der Waals surface area (Å²) in [6.07, 6.45) is 5.36. The molecule has 136 valence electrons. The molecule has 1 amide bonds. The van der Waals surface area contributed by atoms with Crippen LogP contribution in [0.3, 0.4) is 0 Å². The van der Waals surface area contributed by atoms with Gasteiger partial charge in [-0.15, -0.1) is 30.4 Å². The fourth-order valence-electron chi connectivity index (χ4n) is 2.15. The number of rotatable bonds is 6. The van der Waals surface area contributed by atoms with E-state index in [0.717, 1.165) is 11.1 Å². The second-order valence-corrected chi connectivity index (χ2v) is 5.31. The number of terminal acetylenes is 1. The normalized spacial score (nSPS) is 10.2. The standard InChI is InChI=1S/C20H22N4O.HI/c1-3-16-11-8-12-18(13-16)24-19(25)15-23-20(21-4-2)22-14-17-9-6-5-7-10-17;/h1,5-13H,4,14-15H2,2H3,(H,24,25)(H2,21,22,23);1H. The summed E-state index contributed by atoms with van der Waals surface area (Å²) in [6, 6.07) is 17.1. The van der Waals surface area contributed by atoms with Gasteiger partial charge in [-0.3, -0.25) is 4.79 Å². The SMILES string of the molecule is C#Cc1cccc(NC(=O)CNC(=NCc2ccccc2)NCC)c1.I. The van der Waals surface area contributed by atoms with E-state index in [4.69, 9.17) is 6.42 Å². The minimum Gasteiger partial charge on any atom is -0.357 e. The Morgan fingerprint density at radius 3 is 2.58 bits per heavy atom. The Kier molecular flexibility index (Phi) is 9.87. The number of halogens is 1. The summed E-state index contributed by atoms with van der Waals surface area (Å²) in [4.78, 5) is 16.6. The van der Waals surface area contributed by atoms with Crippen molar-refractivity contribution >= 4 is 41.5 Å². The van der Waals surface area contributed by atoms with Gasteiger partial charge in [-0.2, -0.15) is 0 Å². The highest BCUT2D eigenvalue weighted by Crippen LogP contribution is 2.09. The second kappa shape index (κ2) is 11.9. The monoisotopic (exact) mass is 462 g/mol. The Morgan fingerprint density at radius 2 is 1.88 bits per heavy atom. The number of carbonyl (C=O) groups excluding carboxylic acids is 1. The van der Waals surface area contributed by atoms with Crippen molar-refractivity contribution < 1.29 is 4.79 Å². The maximum absolute atomic E-state index is 12.1. The van der Waals surface area contributed by atoms with Crippen molar-refractivity contribution in [3.63, 3.8) is 0 Å². The van der Waals surface area contributed by atoms with Crippen molar-refractivity contribution in [1.82, 2.24) is 10.6 Å². The molecule has 0 unspecified atom stereocenters. The zero-order valence-corrected chi connectivity index (χ0v) is 17.0. The Morgan fingerprint density at radius 1 is 1.12 bits per heavy atom. The number of aliphatic imine (C=N–C) groups is 1. The van der Waals surface area contributed by atoms with Gasteiger partial charge in [-0.05, 0) is 30.7 Å². The van der Waals surface area contributed by atoms with Crippen molar-refractivity contribution in [2.75, 3.05) is 18.4 Å². The molecular formula is C20H23IN4O. The Hall–Kier alpha value is -2.53. The largest absolute Gasteiger partial charge is 0.357 e. The molecule has 0 spiro atoms. The number of hydrogen-bond acceptors (Lipinski definition) is 2. The van der Waals surface area contributed by atoms with Crippen LogP contribution in [0.15, 0.2) is 59.6 Å². The summed E-state index contributed by atoms with van der Waals surface area (Å²) in [5, 5.41) is 8.96. The van der Waals surface area contributed by atoms with Crippen LogP contribution < -0.4 is 16.0 Å². The van der Waals surface area contributed by atoms with Crippen molar-refractivity contribution in [3.8, 4) is 12.3 Å². The highest BCUT2D eigenvalue weighted by molar-refractivity contribution is 14.0. The molecule has 6 heteroatoms. The third kappa shape index (κ3) is 7.57. The first-order valence-corrected chi connectivity index (χ1v) is 8.14. The van der Waals surface area contributed by atoms with E-state index in [2.05, 4.69) is 26.9 Å². The van der Waals surface area contributed by atoms with Crippen LogP contribution in [0.5, 0.6) is 0 Å². The van der Waals surface area contributed by atoms with Crippen LogP contribution in [0.2, 0.25) is 0 Å². The zero-order valence-electron chi connectivity index (χ0n) is 14.7. The lowest BCUT2D eigenvalue weighted by atomic mass is 10.2. The van der Waals surface area contributed by atoms with Gasteiger partial charge in [0.05, 0.1) is 13.1 Å². The Labute approximate surface area is 171 Å². The number of hydrogen-bond donors (Lipinski definition) is 3. The molecule has 0 saturated carbocycles. The maximum atomic E-state index is 12.1. The van der Waals surface area contributed by atoms with Crippen molar-refractivity contribution in [2.45, 2.75) is 13.5 Å². The van der Waals surface area contributed by atoms with Gasteiger partial charge in [0.25, 0.3) is 0 Å². The van der Waals surface area contributed by atoms with Crippen LogP contribution in [-0.2, 0) is 11.3 Å². The molecule has 5 nitrogen and oxygen atoms in total. The van der Waals surface area contributed by atoms with Crippen LogP contribution >= 0.6 is 24.0 Å². The molecule has 2 aromatic rings. The highest BCUT2D eigenvalue weighted by Gasteiger charge is 2.04. The second-order valence-electron chi connectivity index (χ2n) is 5.31. The predicted molar refractivity (Wildman–Crippen MR) is 118 cm³/mol. The third-order valence-corrected chi connectivity index (χ3v) is 3.34. The van der Waals surface area contributed by atoms with E-state index in [9.17, 15) is 4.79 Å². The summed E-state index contributed by atoms with van der Waals surface area (Å²) in [7, 11) is 0. The molecule has 3 N–H and O–H groups in total. The van der Waals surface area contributed by atoms with Crippen molar-refractivity contribution in [3.05, 3.63) is 65.7 Å². The molecule has 2 aromatic carbocycles. The molecule has 0 atom stereocenters. The molecule has 2 rings (SSSR count). The first kappa shape index (κ1) is 21.5. The summed E-state index contributed by atoms with van der Waals surface area (Å²) < 4.78 is 0.